The molecule has 2 rings (SSSR count). The van der Waals surface area contributed by atoms with E-state index < -0.39 is 23.3 Å². The van der Waals surface area contributed by atoms with E-state index in [1.165, 1.54) is 18.3 Å². The Labute approximate surface area is 137 Å². The lowest BCUT2D eigenvalue weighted by molar-refractivity contribution is -0.390. The zero-order chi connectivity index (χ0) is 17.0. The lowest BCUT2D eigenvalue weighted by atomic mass is 10.1. The molecule has 1 aromatic carbocycles. The predicted octanol–water partition coefficient (Wildman–Crippen LogP) is 3.28. The molecule has 0 aliphatic heterocycles. The first-order chi connectivity index (χ1) is 10.9. The highest BCUT2D eigenvalue weighted by atomic mass is 35.5. The highest BCUT2D eigenvalue weighted by molar-refractivity contribution is 6.34. The van der Waals surface area contributed by atoms with Crippen molar-refractivity contribution in [1.29, 1.82) is 0 Å². The summed E-state index contributed by atoms with van der Waals surface area (Å²) in [7, 11) is 0. The van der Waals surface area contributed by atoms with Crippen molar-refractivity contribution in [3.05, 3.63) is 56.7 Å². The molecule has 0 saturated heterocycles. The molecular formula is C15H14ClN3O4. The van der Waals surface area contributed by atoms with Crippen LogP contribution in [-0.2, 0) is 4.79 Å². The highest BCUT2D eigenvalue weighted by Gasteiger charge is 2.17. The number of nitrogens with one attached hydrogen (secondary N) is 1. The second kappa shape index (κ2) is 7.06. The number of benzene rings is 1. The summed E-state index contributed by atoms with van der Waals surface area (Å²) in [5.74, 6) is -0.985. The van der Waals surface area contributed by atoms with Crippen molar-refractivity contribution in [3.8, 4) is 5.75 Å². The van der Waals surface area contributed by atoms with E-state index in [-0.39, 0.29) is 5.75 Å². The molecule has 1 amide bonds. The van der Waals surface area contributed by atoms with E-state index in [0.29, 0.717) is 10.7 Å². The Morgan fingerprint density at radius 3 is 2.83 bits per heavy atom. The van der Waals surface area contributed by atoms with Crippen LogP contribution in [0.2, 0.25) is 5.02 Å². The van der Waals surface area contributed by atoms with Gasteiger partial charge in [0.1, 0.15) is 6.20 Å². The van der Waals surface area contributed by atoms with Crippen molar-refractivity contribution >= 4 is 29.0 Å². The maximum atomic E-state index is 12.0. The van der Waals surface area contributed by atoms with Crippen LogP contribution >= 0.6 is 11.6 Å². The van der Waals surface area contributed by atoms with Gasteiger partial charge in [-0.3, -0.25) is 4.79 Å². The second-order valence-corrected chi connectivity index (χ2v) is 5.26. The summed E-state index contributed by atoms with van der Waals surface area (Å²) < 4.78 is 5.18. The van der Waals surface area contributed by atoms with E-state index in [1.54, 1.807) is 6.07 Å². The standard InChI is InChI=1S/C15H14ClN3O4/c1-9-6-10(2)14(11(16)7-9)18-13(20)8-23-12-4-3-5-17-15(12)19(21)22/h3-7H,8H2,1-2H3,(H,18,20). The smallest absolute Gasteiger partial charge is 0.406 e. The normalized spacial score (nSPS) is 10.2. The van der Waals surface area contributed by atoms with Gasteiger partial charge in [-0.1, -0.05) is 17.7 Å². The van der Waals surface area contributed by atoms with Crippen molar-refractivity contribution in [3.63, 3.8) is 0 Å². The van der Waals surface area contributed by atoms with Crippen molar-refractivity contribution < 1.29 is 14.5 Å². The van der Waals surface area contributed by atoms with Crippen molar-refractivity contribution in [2.24, 2.45) is 0 Å². The minimum absolute atomic E-state index is 0.0700. The molecule has 23 heavy (non-hydrogen) atoms. The molecule has 1 aromatic heterocycles. The lowest BCUT2D eigenvalue weighted by Gasteiger charge is -2.12. The SMILES string of the molecule is Cc1cc(C)c(NC(=O)COc2cccnc2[N+](=O)[O-])c(Cl)c1. The summed E-state index contributed by atoms with van der Waals surface area (Å²) in [4.78, 5) is 25.7. The number of ether oxygens (including phenoxy) is 1. The third-order valence-electron chi connectivity index (χ3n) is 2.98. The molecule has 0 unspecified atom stereocenters. The van der Waals surface area contributed by atoms with Gasteiger partial charge in [0.15, 0.2) is 6.61 Å². The van der Waals surface area contributed by atoms with Crippen LogP contribution in [0.3, 0.4) is 0 Å². The Bertz CT molecular complexity index is 741. The molecule has 1 heterocycles. The zero-order valence-corrected chi connectivity index (χ0v) is 13.3. The van der Waals surface area contributed by atoms with Gasteiger partial charge >= 0.3 is 5.82 Å². The van der Waals surface area contributed by atoms with Crippen LogP contribution in [0, 0.1) is 24.0 Å². The lowest BCUT2D eigenvalue weighted by Crippen LogP contribution is -2.21. The van der Waals surface area contributed by atoms with Gasteiger partial charge in [-0.25, -0.2) is 0 Å². The van der Waals surface area contributed by atoms with Crippen molar-refractivity contribution in [2.45, 2.75) is 13.8 Å². The fraction of sp³-hybridized carbons (Fsp3) is 0.200. The van der Waals surface area contributed by atoms with Crippen molar-refractivity contribution in [1.82, 2.24) is 4.98 Å². The summed E-state index contributed by atoms with van der Waals surface area (Å²) in [6, 6.07) is 6.48. The number of pyridine rings is 1. The first-order valence-electron chi connectivity index (χ1n) is 6.67. The predicted molar refractivity (Wildman–Crippen MR) is 85.9 cm³/mol. The number of aryl methyl sites for hydroxylation is 2. The number of anilines is 1. The van der Waals surface area contributed by atoms with Crippen molar-refractivity contribution in [2.75, 3.05) is 11.9 Å². The number of nitro groups is 1. The number of carbonyl (C=O) groups excluding carboxylic acids is 1. The van der Waals surface area contributed by atoms with E-state index in [9.17, 15) is 14.9 Å². The minimum Gasteiger partial charge on any atom is -0.476 e. The van der Waals surface area contributed by atoms with E-state index in [0.717, 1.165) is 11.1 Å². The summed E-state index contributed by atoms with van der Waals surface area (Å²) >= 11 is 6.11. The van der Waals surface area contributed by atoms with E-state index in [4.69, 9.17) is 16.3 Å². The average molecular weight is 336 g/mol. The molecule has 2 aromatic rings. The summed E-state index contributed by atoms with van der Waals surface area (Å²) in [5.41, 5.74) is 2.29. The topological polar surface area (TPSA) is 94.4 Å². The van der Waals surface area contributed by atoms with Gasteiger partial charge in [-0.2, -0.15) is 0 Å². The van der Waals surface area contributed by atoms with Crippen LogP contribution in [0.25, 0.3) is 0 Å². The molecule has 0 spiro atoms. The average Bonchev–Trinajstić information content (AvgIpc) is 2.49. The summed E-state index contributed by atoms with van der Waals surface area (Å²) in [5, 5.41) is 13.9. The molecule has 8 heteroatoms. The van der Waals surface area contributed by atoms with E-state index >= 15 is 0 Å². The number of carbonyl (C=O) groups is 1. The first-order valence-corrected chi connectivity index (χ1v) is 7.05. The number of rotatable bonds is 5. The third kappa shape index (κ3) is 4.17. The number of hydrogen-bond donors (Lipinski definition) is 1. The second-order valence-electron chi connectivity index (χ2n) is 4.86. The van der Waals surface area contributed by atoms with Gasteiger partial charge in [-0.15, -0.1) is 0 Å². The van der Waals surface area contributed by atoms with Crippen LogP contribution in [0.15, 0.2) is 30.5 Å². The molecule has 0 fully saturated rings. The maximum Gasteiger partial charge on any atom is 0.406 e. The number of aromatic nitrogens is 1. The number of hydrogen-bond acceptors (Lipinski definition) is 5. The molecule has 120 valence electrons. The molecule has 7 nitrogen and oxygen atoms in total. The van der Waals surface area contributed by atoms with Crippen LogP contribution < -0.4 is 10.1 Å². The van der Waals surface area contributed by atoms with Crippen LogP contribution in [-0.4, -0.2) is 22.4 Å². The van der Waals surface area contributed by atoms with Gasteiger partial charge < -0.3 is 20.2 Å². The fourth-order valence-electron chi connectivity index (χ4n) is 2.02. The number of amides is 1. The molecular weight excluding hydrogens is 322 g/mol. The molecule has 0 saturated carbocycles. The Morgan fingerprint density at radius 1 is 1.43 bits per heavy atom. The molecule has 0 aliphatic rings. The molecule has 0 radical (unpaired) electrons. The van der Waals surface area contributed by atoms with Gasteiger partial charge in [0.25, 0.3) is 5.91 Å². The summed E-state index contributed by atoms with van der Waals surface area (Å²) in [6.45, 7) is 3.33. The van der Waals surface area contributed by atoms with Crippen LogP contribution in [0.1, 0.15) is 11.1 Å². The molecule has 1 N–H and O–H groups in total. The Morgan fingerprint density at radius 2 is 2.17 bits per heavy atom. The molecule has 0 aliphatic carbocycles. The number of halogens is 1. The van der Waals surface area contributed by atoms with Gasteiger partial charge in [0, 0.05) is 0 Å². The Kier molecular flexibility index (Phi) is 5.13. The Balaban J connectivity index is 2.06. The summed E-state index contributed by atoms with van der Waals surface area (Å²) in [6.07, 6.45) is 1.28. The third-order valence-corrected chi connectivity index (χ3v) is 3.28. The van der Waals surface area contributed by atoms with Gasteiger partial charge in [-0.05, 0) is 53.1 Å². The monoisotopic (exact) mass is 335 g/mol. The fourth-order valence-corrected chi connectivity index (χ4v) is 2.39. The first kappa shape index (κ1) is 16.7. The quantitative estimate of drug-likeness (QED) is 0.668. The minimum atomic E-state index is -0.672. The van der Waals surface area contributed by atoms with Gasteiger partial charge in [0.05, 0.1) is 10.7 Å². The largest absolute Gasteiger partial charge is 0.476 e. The highest BCUT2D eigenvalue weighted by Crippen LogP contribution is 2.27. The Hall–Kier alpha value is -2.67. The molecule has 0 bridgehead atoms. The van der Waals surface area contributed by atoms with E-state index in [1.807, 2.05) is 19.9 Å². The van der Waals surface area contributed by atoms with Crippen LogP contribution in [0.4, 0.5) is 11.5 Å². The van der Waals surface area contributed by atoms with E-state index in [2.05, 4.69) is 10.3 Å². The molecule has 0 atom stereocenters. The number of nitrogens with zero attached hydrogens (tertiary/aromatic N) is 2. The van der Waals surface area contributed by atoms with Gasteiger partial charge in [0.2, 0.25) is 5.75 Å². The zero-order valence-electron chi connectivity index (χ0n) is 12.5. The maximum absolute atomic E-state index is 12.0. The van der Waals surface area contributed by atoms with Crippen LogP contribution in [0.5, 0.6) is 5.75 Å².